The van der Waals surface area contributed by atoms with Crippen molar-refractivity contribution in [2.45, 2.75) is 87.2 Å². The van der Waals surface area contributed by atoms with Crippen molar-refractivity contribution in [3.05, 3.63) is 0 Å². The standard InChI is InChI=1S/C17H26O7.2C2H6/c1-16(2,7-13(20)21)9-23-10-17(3,4)8-14(22)24-15-11(18)5-6-12(15)19;2*1-2/h15H,5-10H2,1-4H3,(H,20,21);2*1-2H3. The number of aliphatic carboxylic acids is 1. The summed E-state index contributed by atoms with van der Waals surface area (Å²) in [6.07, 6.45) is -1.00. The van der Waals surface area contributed by atoms with Crippen LogP contribution in [-0.4, -0.2) is 47.9 Å². The van der Waals surface area contributed by atoms with Gasteiger partial charge in [0.15, 0.2) is 11.6 Å². The summed E-state index contributed by atoms with van der Waals surface area (Å²) in [7, 11) is 0. The second-order valence-electron chi connectivity index (χ2n) is 7.87. The molecule has 0 aliphatic heterocycles. The topological polar surface area (TPSA) is 107 Å². The summed E-state index contributed by atoms with van der Waals surface area (Å²) in [5.74, 6) is -2.20. The van der Waals surface area contributed by atoms with Crippen LogP contribution in [0.1, 0.15) is 81.1 Å². The Hall–Kier alpha value is -1.76. The van der Waals surface area contributed by atoms with Crippen LogP contribution in [0.25, 0.3) is 0 Å². The summed E-state index contributed by atoms with van der Waals surface area (Å²) >= 11 is 0. The van der Waals surface area contributed by atoms with Gasteiger partial charge in [-0.25, -0.2) is 0 Å². The van der Waals surface area contributed by atoms with Crippen LogP contribution in [0.5, 0.6) is 0 Å². The van der Waals surface area contributed by atoms with E-state index in [0.29, 0.717) is 0 Å². The second-order valence-corrected chi connectivity index (χ2v) is 7.87. The summed E-state index contributed by atoms with van der Waals surface area (Å²) < 4.78 is 10.6. The van der Waals surface area contributed by atoms with Gasteiger partial charge < -0.3 is 14.6 Å². The maximum Gasteiger partial charge on any atom is 0.307 e. The molecule has 0 bridgehead atoms. The van der Waals surface area contributed by atoms with Crippen LogP contribution >= 0.6 is 0 Å². The quantitative estimate of drug-likeness (QED) is 0.461. The van der Waals surface area contributed by atoms with Gasteiger partial charge in [-0.3, -0.25) is 19.2 Å². The highest BCUT2D eigenvalue weighted by Gasteiger charge is 2.37. The Kier molecular flexibility index (Phi) is 13.6. The fourth-order valence-electron chi connectivity index (χ4n) is 2.50. The van der Waals surface area contributed by atoms with E-state index < -0.39 is 28.9 Å². The molecule has 0 aromatic rings. The first kappa shape index (κ1) is 28.4. The SMILES string of the molecule is CC.CC.CC(C)(COCC(C)(C)CC(=O)OC1C(=O)CCC1=O)CC(=O)O. The van der Waals surface area contributed by atoms with Gasteiger partial charge in [-0.15, -0.1) is 0 Å². The lowest BCUT2D eigenvalue weighted by atomic mass is 9.89. The molecule has 28 heavy (non-hydrogen) atoms. The fourth-order valence-corrected chi connectivity index (χ4v) is 2.50. The molecular formula is C21H38O7. The van der Waals surface area contributed by atoms with Gasteiger partial charge in [0.05, 0.1) is 26.1 Å². The van der Waals surface area contributed by atoms with Gasteiger partial charge in [-0.2, -0.15) is 0 Å². The number of hydrogen-bond donors (Lipinski definition) is 1. The minimum atomic E-state index is -1.25. The molecule has 1 N–H and O–H groups in total. The summed E-state index contributed by atoms with van der Waals surface area (Å²) in [5.41, 5.74) is -1.06. The van der Waals surface area contributed by atoms with Crippen molar-refractivity contribution in [2.75, 3.05) is 13.2 Å². The van der Waals surface area contributed by atoms with Crippen molar-refractivity contribution >= 4 is 23.5 Å². The molecule has 164 valence electrons. The molecule has 1 aliphatic carbocycles. The number of carboxylic acids is 1. The minimum Gasteiger partial charge on any atom is -0.481 e. The van der Waals surface area contributed by atoms with Crippen LogP contribution in [0.3, 0.4) is 0 Å². The highest BCUT2D eigenvalue weighted by atomic mass is 16.6. The molecule has 1 aliphatic rings. The highest BCUT2D eigenvalue weighted by Crippen LogP contribution is 2.26. The predicted octanol–water partition coefficient (Wildman–Crippen LogP) is 3.82. The first-order chi connectivity index (χ1) is 12.9. The zero-order chi connectivity index (χ0) is 22.5. The number of hydrogen-bond acceptors (Lipinski definition) is 6. The molecule has 0 amide bonds. The largest absolute Gasteiger partial charge is 0.481 e. The Morgan fingerprint density at radius 3 is 1.68 bits per heavy atom. The molecule has 0 spiro atoms. The number of ether oxygens (including phenoxy) is 2. The summed E-state index contributed by atoms with van der Waals surface area (Å²) in [5, 5.41) is 8.83. The second kappa shape index (κ2) is 13.4. The van der Waals surface area contributed by atoms with Crippen LogP contribution in [0, 0.1) is 10.8 Å². The molecule has 0 heterocycles. The molecule has 7 nitrogen and oxygen atoms in total. The predicted molar refractivity (Wildman–Crippen MR) is 107 cm³/mol. The monoisotopic (exact) mass is 402 g/mol. The van der Waals surface area contributed by atoms with Gasteiger partial charge in [0.2, 0.25) is 6.10 Å². The van der Waals surface area contributed by atoms with E-state index in [1.165, 1.54) is 0 Å². The van der Waals surface area contributed by atoms with Crippen LogP contribution in [0.2, 0.25) is 0 Å². The zero-order valence-electron chi connectivity index (χ0n) is 18.7. The van der Waals surface area contributed by atoms with E-state index in [4.69, 9.17) is 14.6 Å². The van der Waals surface area contributed by atoms with Gasteiger partial charge in [-0.05, 0) is 10.8 Å². The average molecular weight is 403 g/mol. The summed E-state index contributed by atoms with van der Waals surface area (Å²) in [6, 6.07) is 0. The molecule has 0 atom stereocenters. The molecule has 0 unspecified atom stereocenters. The minimum absolute atomic E-state index is 0.00339. The molecule has 1 fully saturated rings. The molecule has 7 heteroatoms. The lowest BCUT2D eigenvalue weighted by Crippen LogP contribution is -2.32. The normalized spacial score (nSPS) is 14.6. The number of Topliss-reactive ketones (excluding diaryl/α,β-unsaturated/α-hetero) is 2. The maximum atomic E-state index is 12.0. The van der Waals surface area contributed by atoms with Gasteiger partial charge >= 0.3 is 11.9 Å². The van der Waals surface area contributed by atoms with E-state index in [-0.39, 0.29) is 50.5 Å². The Morgan fingerprint density at radius 1 is 0.893 bits per heavy atom. The van der Waals surface area contributed by atoms with Gasteiger partial charge in [0, 0.05) is 12.8 Å². The smallest absolute Gasteiger partial charge is 0.307 e. The molecular weight excluding hydrogens is 364 g/mol. The van der Waals surface area contributed by atoms with E-state index in [1.54, 1.807) is 27.7 Å². The highest BCUT2D eigenvalue weighted by molar-refractivity contribution is 6.12. The van der Waals surface area contributed by atoms with E-state index in [0.717, 1.165) is 0 Å². The third kappa shape index (κ3) is 11.8. The molecule has 1 saturated carbocycles. The average Bonchev–Trinajstić information content (AvgIpc) is 2.88. The lowest BCUT2D eigenvalue weighted by molar-refractivity contribution is -0.160. The molecule has 1 rings (SSSR count). The molecule has 0 aromatic heterocycles. The van der Waals surface area contributed by atoms with Gasteiger partial charge in [0.25, 0.3) is 0 Å². The summed E-state index contributed by atoms with van der Waals surface area (Å²) in [4.78, 5) is 45.7. The van der Waals surface area contributed by atoms with E-state index in [9.17, 15) is 19.2 Å². The van der Waals surface area contributed by atoms with Crippen LogP contribution in [0.15, 0.2) is 0 Å². The third-order valence-corrected chi connectivity index (χ3v) is 3.69. The summed E-state index contributed by atoms with van der Waals surface area (Å²) in [6.45, 7) is 15.7. The number of ketones is 2. The van der Waals surface area contributed by atoms with Gasteiger partial charge in [0.1, 0.15) is 0 Å². The maximum absolute atomic E-state index is 12.0. The number of rotatable bonds is 9. The Morgan fingerprint density at radius 2 is 1.29 bits per heavy atom. The van der Waals surface area contributed by atoms with Gasteiger partial charge in [-0.1, -0.05) is 55.4 Å². The van der Waals surface area contributed by atoms with Crippen molar-refractivity contribution in [3.8, 4) is 0 Å². The van der Waals surface area contributed by atoms with Crippen LogP contribution in [0.4, 0.5) is 0 Å². The molecule has 0 saturated heterocycles. The molecule has 0 radical (unpaired) electrons. The number of esters is 1. The van der Waals surface area contributed by atoms with Crippen molar-refractivity contribution in [1.29, 1.82) is 0 Å². The van der Waals surface area contributed by atoms with Crippen molar-refractivity contribution in [3.63, 3.8) is 0 Å². The Balaban J connectivity index is 0. The van der Waals surface area contributed by atoms with Crippen molar-refractivity contribution in [1.82, 2.24) is 0 Å². The van der Waals surface area contributed by atoms with E-state index in [1.807, 2.05) is 27.7 Å². The number of carbonyl (C=O) groups excluding carboxylic acids is 3. The lowest BCUT2D eigenvalue weighted by Gasteiger charge is -2.27. The van der Waals surface area contributed by atoms with Crippen LogP contribution in [-0.2, 0) is 28.7 Å². The van der Waals surface area contributed by atoms with Crippen molar-refractivity contribution < 1.29 is 33.8 Å². The fraction of sp³-hybridized carbons (Fsp3) is 0.810. The van der Waals surface area contributed by atoms with E-state index in [2.05, 4.69) is 0 Å². The van der Waals surface area contributed by atoms with Crippen LogP contribution < -0.4 is 0 Å². The van der Waals surface area contributed by atoms with Crippen molar-refractivity contribution in [2.24, 2.45) is 10.8 Å². The third-order valence-electron chi connectivity index (χ3n) is 3.69. The number of carboxylic acid groups (broad SMARTS) is 1. The Labute approximate surface area is 169 Å². The molecule has 0 aromatic carbocycles. The van der Waals surface area contributed by atoms with E-state index >= 15 is 0 Å². The Bertz CT molecular complexity index is 505. The first-order valence-electron chi connectivity index (χ1n) is 9.96. The first-order valence-corrected chi connectivity index (χ1v) is 9.96. The number of carbonyl (C=O) groups is 4. The zero-order valence-corrected chi connectivity index (χ0v) is 18.7.